The highest BCUT2D eigenvalue weighted by Crippen LogP contribution is 2.12. The fraction of sp³-hybridized carbons (Fsp3) is 0.400. The predicted octanol–water partition coefficient (Wildman–Crippen LogP) is 1.31. The summed E-state index contributed by atoms with van der Waals surface area (Å²) in [5, 5.41) is 2.76. The third-order valence-corrected chi connectivity index (χ3v) is 2.50. The monoisotopic (exact) mass is 271 g/mol. The molecule has 4 nitrogen and oxygen atoms in total. The highest BCUT2D eigenvalue weighted by molar-refractivity contribution is 9.10. The lowest BCUT2D eigenvalue weighted by Crippen LogP contribution is -2.29. The minimum Gasteiger partial charge on any atom is -0.351 e. The number of amides is 1. The number of nitrogens with one attached hydrogen (secondary N) is 1. The van der Waals surface area contributed by atoms with Gasteiger partial charge in [-0.15, -0.1) is 0 Å². The lowest BCUT2D eigenvalue weighted by molar-refractivity contribution is 0.0947. The van der Waals surface area contributed by atoms with Crippen molar-refractivity contribution in [1.82, 2.24) is 10.3 Å². The number of pyridine rings is 1. The summed E-state index contributed by atoms with van der Waals surface area (Å²) in [7, 11) is 0. The van der Waals surface area contributed by atoms with Crippen LogP contribution in [0.5, 0.6) is 0 Å². The number of hydrogen-bond acceptors (Lipinski definition) is 3. The van der Waals surface area contributed by atoms with Crippen molar-refractivity contribution in [2.75, 3.05) is 6.54 Å². The van der Waals surface area contributed by atoms with Crippen molar-refractivity contribution >= 4 is 21.8 Å². The molecule has 1 rings (SSSR count). The van der Waals surface area contributed by atoms with E-state index in [-0.39, 0.29) is 11.9 Å². The van der Waals surface area contributed by atoms with Crippen LogP contribution in [-0.2, 0) is 0 Å². The van der Waals surface area contributed by atoms with Crippen LogP contribution in [0.1, 0.15) is 23.8 Å². The Balaban J connectivity index is 2.51. The van der Waals surface area contributed by atoms with Crippen LogP contribution < -0.4 is 11.1 Å². The number of carbonyl (C=O) groups is 1. The summed E-state index contributed by atoms with van der Waals surface area (Å²) in [6.45, 7) is 2.47. The molecule has 0 aromatic carbocycles. The molecule has 0 aliphatic rings. The zero-order valence-corrected chi connectivity index (χ0v) is 10.1. The summed E-state index contributed by atoms with van der Waals surface area (Å²) in [6.07, 6.45) is 2.35. The van der Waals surface area contributed by atoms with Crippen LogP contribution in [0.2, 0.25) is 0 Å². The van der Waals surface area contributed by atoms with Gasteiger partial charge < -0.3 is 11.1 Å². The van der Waals surface area contributed by atoms with Gasteiger partial charge in [-0.3, -0.25) is 4.79 Å². The summed E-state index contributed by atoms with van der Waals surface area (Å²) < 4.78 is 0.697. The Morgan fingerprint density at radius 3 is 3.07 bits per heavy atom. The fourth-order valence-electron chi connectivity index (χ4n) is 1.05. The Bertz CT molecular complexity index is 341. The molecule has 1 atom stereocenters. The Morgan fingerprint density at radius 2 is 2.47 bits per heavy atom. The summed E-state index contributed by atoms with van der Waals surface area (Å²) in [5.41, 5.74) is 5.98. The van der Waals surface area contributed by atoms with Crippen molar-refractivity contribution in [2.45, 2.75) is 19.4 Å². The van der Waals surface area contributed by atoms with Crippen LogP contribution in [0.15, 0.2) is 22.8 Å². The second-order valence-electron chi connectivity index (χ2n) is 3.36. The SMILES string of the molecule is CC(N)CCNC(=O)c1ncccc1Br. The zero-order chi connectivity index (χ0) is 11.3. The quantitative estimate of drug-likeness (QED) is 0.868. The van der Waals surface area contributed by atoms with Crippen LogP contribution in [0, 0.1) is 0 Å². The average Bonchev–Trinajstić information content (AvgIpc) is 2.17. The van der Waals surface area contributed by atoms with Gasteiger partial charge in [-0.05, 0) is 41.4 Å². The lowest BCUT2D eigenvalue weighted by Gasteiger charge is -2.07. The second kappa shape index (κ2) is 5.82. The molecule has 1 heterocycles. The average molecular weight is 272 g/mol. The molecule has 0 radical (unpaired) electrons. The van der Waals surface area contributed by atoms with E-state index in [0.717, 1.165) is 6.42 Å². The molecule has 3 N–H and O–H groups in total. The minimum atomic E-state index is -0.178. The van der Waals surface area contributed by atoms with E-state index in [9.17, 15) is 4.79 Å². The Hall–Kier alpha value is -0.940. The highest BCUT2D eigenvalue weighted by atomic mass is 79.9. The zero-order valence-electron chi connectivity index (χ0n) is 8.53. The second-order valence-corrected chi connectivity index (χ2v) is 4.21. The number of aromatic nitrogens is 1. The van der Waals surface area contributed by atoms with Gasteiger partial charge in [0.25, 0.3) is 5.91 Å². The van der Waals surface area contributed by atoms with Crippen LogP contribution >= 0.6 is 15.9 Å². The first-order valence-electron chi connectivity index (χ1n) is 4.75. The molecule has 0 aliphatic carbocycles. The van der Waals surface area contributed by atoms with Gasteiger partial charge in [0.15, 0.2) is 0 Å². The molecule has 1 unspecified atom stereocenters. The minimum absolute atomic E-state index is 0.0949. The number of nitrogens with two attached hydrogens (primary N) is 1. The maximum atomic E-state index is 11.6. The maximum Gasteiger partial charge on any atom is 0.271 e. The molecule has 5 heteroatoms. The van der Waals surface area contributed by atoms with Crippen molar-refractivity contribution in [3.8, 4) is 0 Å². The molecule has 1 aromatic rings. The van der Waals surface area contributed by atoms with Crippen molar-refractivity contribution in [1.29, 1.82) is 0 Å². The topological polar surface area (TPSA) is 68.0 Å². The van der Waals surface area contributed by atoms with Gasteiger partial charge in [-0.1, -0.05) is 0 Å². The highest BCUT2D eigenvalue weighted by Gasteiger charge is 2.09. The van der Waals surface area contributed by atoms with Crippen molar-refractivity contribution in [3.05, 3.63) is 28.5 Å². The first-order valence-corrected chi connectivity index (χ1v) is 5.55. The molecular formula is C10H14BrN3O. The molecule has 0 aliphatic heterocycles. The number of hydrogen-bond donors (Lipinski definition) is 2. The summed E-state index contributed by atoms with van der Waals surface area (Å²) in [5.74, 6) is -0.178. The van der Waals surface area contributed by atoms with E-state index in [1.54, 1.807) is 18.3 Å². The van der Waals surface area contributed by atoms with Crippen LogP contribution in [0.3, 0.4) is 0 Å². The number of rotatable bonds is 4. The Morgan fingerprint density at radius 1 is 1.73 bits per heavy atom. The summed E-state index contributed by atoms with van der Waals surface area (Å²) in [6, 6.07) is 3.65. The van der Waals surface area contributed by atoms with Gasteiger partial charge in [0, 0.05) is 23.3 Å². The van der Waals surface area contributed by atoms with Crippen LogP contribution in [-0.4, -0.2) is 23.5 Å². The van der Waals surface area contributed by atoms with Gasteiger partial charge >= 0.3 is 0 Å². The molecule has 0 fully saturated rings. The van der Waals surface area contributed by atoms with Gasteiger partial charge in [0.1, 0.15) is 5.69 Å². The van der Waals surface area contributed by atoms with Crippen LogP contribution in [0.25, 0.3) is 0 Å². The molecule has 0 bridgehead atoms. The molecule has 1 aromatic heterocycles. The summed E-state index contributed by atoms with van der Waals surface area (Å²) >= 11 is 3.27. The molecule has 15 heavy (non-hydrogen) atoms. The van der Waals surface area contributed by atoms with Crippen molar-refractivity contribution < 1.29 is 4.79 Å². The summed E-state index contributed by atoms with van der Waals surface area (Å²) in [4.78, 5) is 15.6. The lowest BCUT2D eigenvalue weighted by atomic mass is 10.2. The Kier molecular flexibility index (Phi) is 4.71. The van der Waals surface area contributed by atoms with Crippen molar-refractivity contribution in [3.63, 3.8) is 0 Å². The number of halogens is 1. The molecule has 0 saturated carbocycles. The van der Waals surface area contributed by atoms with Gasteiger partial charge in [0.05, 0.1) is 0 Å². The standard InChI is InChI=1S/C10H14BrN3O/c1-7(12)4-6-14-10(15)9-8(11)3-2-5-13-9/h2-3,5,7H,4,6,12H2,1H3,(H,14,15). The van der Waals surface area contributed by atoms with Crippen molar-refractivity contribution in [2.24, 2.45) is 5.73 Å². The molecule has 82 valence electrons. The van der Waals surface area contributed by atoms with E-state index in [4.69, 9.17) is 5.73 Å². The molecule has 0 spiro atoms. The first kappa shape index (κ1) is 12.1. The molecule has 0 saturated heterocycles. The third kappa shape index (κ3) is 3.97. The van der Waals surface area contributed by atoms with E-state index in [2.05, 4.69) is 26.2 Å². The predicted molar refractivity (Wildman–Crippen MR) is 62.5 cm³/mol. The third-order valence-electron chi connectivity index (χ3n) is 1.86. The van der Waals surface area contributed by atoms with E-state index in [0.29, 0.717) is 16.7 Å². The van der Waals surface area contributed by atoms with E-state index >= 15 is 0 Å². The number of nitrogens with zero attached hydrogens (tertiary/aromatic N) is 1. The largest absolute Gasteiger partial charge is 0.351 e. The normalized spacial score (nSPS) is 12.2. The van der Waals surface area contributed by atoms with Gasteiger partial charge in [-0.25, -0.2) is 4.98 Å². The van der Waals surface area contributed by atoms with Crippen LogP contribution in [0.4, 0.5) is 0 Å². The number of carbonyl (C=O) groups excluding carboxylic acids is 1. The Labute approximate surface area is 97.4 Å². The van der Waals surface area contributed by atoms with E-state index in [1.807, 2.05) is 6.92 Å². The van der Waals surface area contributed by atoms with Gasteiger partial charge in [0.2, 0.25) is 0 Å². The fourth-order valence-corrected chi connectivity index (χ4v) is 1.48. The van der Waals surface area contributed by atoms with E-state index in [1.165, 1.54) is 0 Å². The smallest absolute Gasteiger partial charge is 0.271 e. The van der Waals surface area contributed by atoms with E-state index < -0.39 is 0 Å². The maximum absolute atomic E-state index is 11.6. The van der Waals surface area contributed by atoms with Gasteiger partial charge in [-0.2, -0.15) is 0 Å². The first-order chi connectivity index (χ1) is 7.11. The molecular weight excluding hydrogens is 258 g/mol. The molecule has 1 amide bonds.